The number of para-hydroxylation sites is 2. The molecule has 4 aromatic rings. The first kappa shape index (κ1) is 27.4. The minimum Gasteiger partial charge on any atom is -0.508 e. The summed E-state index contributed by atoms with van der Waals surface area (Å²) in [5.41, 5.74) is 2.03. The molecule has 8 heteroatoms. The largest absolute Gasteiger partial charge is 0.508 e. The van der Waals surface area contributed by atoms with Crippen LogP contribution in [0.25, 0.3) is 0 Å². The summed E-state index contributed by atoms with van der Waals surface area (Å²) in [7, 11) is 0. The van der Waals surface area contributed by atoms with Crippen LogP contribution in [-0.2, 0) is 0 Å². The number of halogens is 2. The number of phenols is 2. The molecule has 0 heterocycles. The Morgan fingerprint density at radius 2 is 1.05 bits per heavy atom. The highest BCUT2D eigenvalue weighted by Crippen LogP contribution is 2.53. The molecule has 1 fully saturated rings. The lowest BCUT2D eigenvalue weighted by atomic mass is 9.63. The number of benzene rings is 4. The van der Waals surface area contributed by atoms with Gasteiger partial charge in [0, 0.05) is 53.9 Å². The predicted molar refractivity (Wildman–Crippen MR) is 152 cm³/mol. The summed E-state index contributed by atoms with van der Waals surface area (Å²) in [6.45, 7) is 5.57. The van der Waals surface area contributed by atoms with Crippen LogP contribution in [0, 0.1) is 11.6 Å². The van der Waals surface area contributed by atoms with Crippen LogP contribution in [0.1, 0.15) is 36.8 Å². The number of hydrogen-bond acceptors (Lipinski definition) is 6. The Labute approximate surface area is 232 Å². The zero-order valence-corrected chi connectivity index (χ0v) is 22.2. The number of hydrogen-bond donors (Lipinski definition) is 4. The summed E-state index contributed by atoms with van der Waals surface area (Å²) < 4.78 is 29.7. The highest BCUT2D eigenvalue weighted by Gasteiger charge is 2.52. The van der Waals surface area contributed by atoms with Crippen LogP contribution in [-0.4, -0.2) is 45.7 Å². The second-order valence-electron chi connectivity index (χ2n) is 9.93. The smallest absolute Gasteiger partial charge is 0.147 e. The Kier molecular flexibility index (Phi) is 7.65. The SMILES string of the molecule is CCN(CC)c1ccc(C2C(O)C(c3ccc(N(c4ccccc4F)c4ccccc4F)cc3O)C2O)c(O)c1. The van der Waals surface area contributed by atoms with Crippen molar-refractivity contribution in [3.63, 3.8) is 0 Å². The van der Waals surface area contributed by atoms with Crippen molar-refractivity contribution in [3.8, 4) is 11.5 Å². The third-order valence-electron chi connectivity index (χ3n) is 7.79. The van der Waals surface area contributed by atoms with Crippen molar-refractivity contribution in [2.75, 3.05) is 22.9 Å². The third-order valence-corrected chi connectivity index (χ3v) is 7.79. The molecule has 2 atom stereocenters. The maximum absolute atomic E-state index is 14.8. The van der Waals surface area contributed by atoms with Gasteiger partial charge in [-0.25, -0.2) is 8.78 Å². The van der Waals surface area contributed by atoms with Crippen molar-refractivity contribution in [2.45, 2.75) is 37.9 Å². The summed E-state index contributed by atoms with van der Waals surface area (Å²) in [6, 6.07) is 21.5. The highest BCUT2D eigenvalue weighted by molar-refractivity contribution is 5.78. The molecule has 0 bridgehead atoms. The lowest BCUT2D eigenvalue weighted by molar-refractivity contribution is -0.0797. The van der Waals surface area contributed by atoms with Crippen molar-refractivity contribution in [1.82, 2.24) is 0 Å². The van der Waals surface area contributed by atoms with Gasteiger partial charge >= 0.3 is 0 Å². The van der Waals surface area contributed by atoms with Gasteiger partial charge in [0.2, 0.25) is 0 Å². The summed E-state index contributed by atoms with van der Waals surface area (Å²) in [6.07, 6.45) is -2.16. The Hall–Kier alpha value is -4.14. The van der Waals surface area contributed by atoms with Crippen LogP contribution in [0.15, 0.2) is 84.9 Å². The zero-order valence-electron chi connectivity index (χ0n) is 22.2. The quantitative estimate of drug-likeness (QED) is 0.208. The molecular formula is C32H32F2N2O4. The van der Waals surface area contributed by atoms with Crippen molar-refractivity contribution in [2.24, 2.45) is 0 Å². The van der Waals surface area contributed by atoms with Gasteiger partial charge in [-0.05, 0) is 50.2 Å². The Bertz CT molecular complexity index is 1450. The van der Waals surface area contributed by atoms with Crippen LogP contribution in [0.4, 0.5) is 31.5 Å². The van der Waals surface area contributed by atoms with Crippen molar-refractivity contribution in [1.29, 1.82) is 0 Å². The molecular weight excluding hydrogens is 514 g/mol. The number of aromatic hydroxyl groups is 2. The number of anilines is 4. The van der Waals surface area contributed by atoms with Crippen LogP contribution in [0.2, 0.25) is 0 Å². The molecule has 1 aliphatic carbocycles. The second kappa shape index (κ2) is 11.2. The van der Waals surface area contributed by atoms with E-state index >= 15 is 0 Å². The molecule has 4 N–H and O–H groups in total. The van der Waals surface area contributed by atoms with Gasteiger partial charge in [0.25, 0.3) is 0 Å². The van der Waals surface area contributed by atoms with E-state index in [4.69, 9.17) is 0 Å². The number of nitrogens with zero attached hydrogens (tertiary/aromatic N) is 2. The number of aliphatic hydroxyl groups excluding tert-OH is 2. The maximum atomic E-state index is 14.8. The van der Waals surface area contributed by atoms with E-state index in [0.717, 1.165) is 18.8 Å². The van der Waals surface area contributed by atoms with E-state index in [1.807, 2.05) is 19.9 Å². The highest BCUT2D eigenvalue weighted by atomic mass is 19.1. The molecule has 4 aromatic carbocycles. The molecule has 40 heavy (non-hydrogen) atoms. The number of phenolic OH excluding ortho intramolecular Hbond substituents is 2. The van der Waals surface area contributed by atoms with Crippen LogP contribution in [0.5, 0.6) is 11.5 Å². The summed E-state index contributed by atoms with van der Waals surface area (Å²) in [4.78, 5) is 3.44. The first-order chi connectivity index (χ1) is 19.3. The Morgan fingerprint density at radius 3 is 1.48 bits per heavy atom. The van der Waals surface area contributed by atoms with Gasteiger partial charge in [0.1, 0.15) is 23.1 Å². The fourth-order valence-corrected chi connectivity index (χ4v) is 5.67. The van der Waals surface area contributed by atoms with E-state index in [1.165, 1.54) is 53.4 Å². The first-order valence-corrected chi connectivity index (χ1v) is 13.3. The van der Waals surface area contributed by atoms with Gasteiger partial charge in [0.05, 0.1) is 29.3 Å². The van der Waals surface area contributed by atoms with Crippen LogP contribution in [0.3, 0.4) is 0 Å². The molecule has 2 unspecified atom stereocenters. The molecule has 0 spiro atoms. The van der Waals surface area contributed by atoms with Crippen molar-refractivity contribution in [3.05, 3.63) is 108 Å². The van der Waals surface area contributed by atoms with Crippen LogP contribution < -0.4 is 9.80 Å². The van der Waals surface area contributed by atoms with Gasteiger partial charge in [-0.3, -0.25) is 0 Å². The molecule has 0 saturated heterocycles. The van der Waals surface area contributed by atoms with E-state index in [1.54, 1.807) is 30.3 Å². The van der Waals surface area contributed by atoms with Crippen molar-refractivity contribution >= 4 is 22.7 Å². The summed E-state index contributed by atoms with van der Waals surface area (Å²) in [5, 5.41) is 43.9. The van der Waals surface area contributed by atoms with Gasteiger partial charge in [-0.15, -0.1) is 0 Å². The monoisotopic (exact) mass is 546 g/mol. The third kappa shape index (κ3) is 4.74. The normalized spacial score (nSPS) is 20.1. The van der Waals surface area contributed by atoms with Gasteiger partial charge in [0.15, 0.2) is 0 Å². The minimum atomic E-state index is -1.08. The van der Waals surface area contributed by atoms with E-state index < -0.39 is 35.7 Å². The molecule has 0 radical (unpaired) electrons. The Morgan fingerprint density at radius 1 is 0.625 bits per heavy atom. The lowest BCUT2D eigenvalue weighted by Gasteiger charge is -2.47. The molecule has 0 amide bonds. The molecule has 5 rings (SSSR count). The second-order valence-corrected chi connectivity index (χ2v) is 9.93. The van der Waals surface area contributed by atoms with Gasteiger partial charge in [-0.1, -0.05) is 36.4 Å². The molecule has 0 aliphatic heterocycles. The fourth-order valence-electron chi connectivity index (χ4n) is 5.67. The molecule has 208 valence electrons. The predicted octanol–water partition coefficient (Wildman–Crippen LogP) is 6.29. The van der Waals surface area contributed by atoms with E-state index in [-0.39, 0.29) is 22.9 Å². The fraction of sp³-hybridized carbons (Fsp3) is 0.250. The topological polar surface area (TPSA) is 87.4 Å². The molecule has 1 saturated carbocycles. The average molecular weight is 547 g/mol. The maximum Gasteiger partial charge on any atom is 0.147 e. The minimum absolute atomic E-state index is 0.0177. The van der Waals surface area contributed by atoms with Crippen LogP contribution >= 0.6 is 0 Å². The summed E-state index contributed by atoms with van der Waals surface area (Å²) >= 11 is 0. The Balaban J connectivity index is 1.46. The zero-order chi connectivity index (χ0) is 28.6. The average Bonchev–Trinajstić information content (AvgIpc) is 2.94. The molecule has 1 aliphatic rings. The van der Waals surface area contributed by atoms with E-state index in [0.29, 0.717) is 16.8 Å². The number of aliphatic hydroxyl groups is 2. The van der Waals surface area contributed by atoms with Crippen molar-refractivity contribution < 1.29 is 29.2 Å². The molecule has 6 nitrogen and oxygen atoms in total. The number of rotatable bonds is 8. The van der Waals surface area contributed by atoms with Gasteiger partial charge in [-0.2, -0.15) is 0 Å². The molecule has 0 aromatic heterocycles. The lowest BCUT2D eigenvalue weighted by Crippen LogP contribution is -2.51. The van der Waals surface area contributed by atoms with Gasteiger partial charge < -0.3 is 30.2 Å². The first-order valence-electron chi connectivity index (χ1n) is 13.3. The van der Waals surface area contributed by atoms with E-state index in [2.05, 4.69) is 4.90 Å². The van der Waals surface area contributed by atoms with E-state index in [9.17, 15) is 29.2 Å². The summed E-state index contributed by atoms with van der Waals surface area (Å²) in [5.74, 6) is -2.98. The standard InChI is InChI=1S/C32H32F2N2O4/c1-3-35(4-2)19-13-15-21(27(37)17-19)29-31(39)30(32(29)40)22-16-14-20(18-28(22)38)36(25-11-7-5-9-23(25)33)26-12-8-6-10-24(26)34/h5-18,29-32,37-40H,3-4H2,1-2H3.